The highest BCUT2D eigenvalue weighted by Crippen LogP contribution is 2.20. The third-order valence-corrected chi connectivity index (χ3v) is 3.55. The highest BCUT2D eigenvalue weighted by molar-refractivity contribution is 5.90. The molecule has 110 valence electrons. The van der Waals surface area contributed by atoms with Crippen LogP contribution in [0.15, 0.2) is 24.3 Å². The second kappa shape index (κ2) is 6.58. The molecule has 1 aromatic carbocycles. The van der Waals surface area contributed by atoms with Crippen LogP contribution in [0.25, 0.3) is 0 Å². The average molecular weight is 279 g/mol. The lowest BCUT2D eigenvalue weighted by Gasteiger charge is -2.36. The van der Waals surface area contributed by atoms with Gasteiger partial charge in [-0.05, 0) is 25.0 Å². The Bertz CT molecular complexity index is 459. The minimum atomic E-state index is -0.374. The molecule has 6 nitrogen and oxygen atoms in total. The van der Waals surface area contributed by atoms with Crippen LogP contribution in [-0.2, 0) is 4.74 Å². The van der Waals surface area contributed by atoms with E-state index in [4.69, 9.17) is 15.2 Å². The molecule has 0 bridgehead atoms. The van der Waals surface area contributed by atoms with Crippen molar-refractivity contribution in [1.29, 1.82) is 0 Å². The van der Waals surface area contributed by atoms with E-state index in [0.717, 1.165) is 12.8 Å². The lowest BCUT2D eigenvalue weighted by molar-refractivity contribution is 0.0463. The van der Waals surface area contributed by atoms with Crippen LogP contribution in [0.4, 0.5) is 10.5 Å². The summed E-state index contributed by atoms with van der Waals surface area (Å²) >= 11 is 0. The maximum absolute atomic E-state index is 12.1. The highest BCUT2D eigenvalue weighted by atomic mass is 16.5. The minimum Gasteiger partial charge on any atom is -0.497 e. The van der Waals surface area contributed by atoms with E-state index in [0.29, 0.717) is 31.2 Å². The summed E-state index contributed by atoms with van der Waals surface area (Å²) in [6.07, 6.45) is 1.46. The standard InChI is InChI=1S/C14H21N3O3/c1-19-12-4-2-3-11(9-12)16-13(18)17-14(10-15)5-7-20-8-6-14/h2-4,9H,5-8,10,15H2,1H3,(H2,16,17,18). The normalized spacial score (nSPS) is 17.3. The number of carbonyl (C=O) groups excluding carboxylic acids is 1. The summed E-state index contributed by atoms with van der Waals surface area (Å²) in [4.78, 5) is 12.1. The van der Waals surface area contributed by atoms with Gasteiger partial charge in [0.25, 0.3) is 0 Å². The number of urea groups is 1. The first kappa shape index (κ1) is 14.6. The molecule has 2 amide bonds. The zero-order valence-corrected chi connectivity index (χ0v) is 11.6. The second-order valence-corrected chi connectivity index (χ2v) is 4.91. The van der Waals surface area contributed by atoms with Crippen molar-refractivity contribution in [2.24, 2.45) is 5.73 Å². The number of anilines is 1. The second-order valence-electron chi connectivity index (χ2n) is 4.91. The van der Waals surface area contributed by atoms with E-state index < -0.39 is 0 Å². The molecule has 6 heteroatoms. The predicted octanol–water partition coefficient (Wildman–Crippen LogP) is 1.32. The molecule has 1 aromatic rings. The fourth-order valence-corrected chi connectivity index (χ4v) is 2.25. The summed E-state index contributed by atoms with van der Waals surface area (Å²) in [7, 11) is 1.59. The van der Waals surface area contributed by atoms with E-state index in [-0.39, 0.29) is 11.6 Å². The average Bonchev–Trinajstić information content (AvgIpc) is 2.48. The third kappa shape index (κ3) is 3.61. The summed E-state index contributed by atoms with van der Waals surface area (Å²) < 4.78 is 10.4. The van der Waals surface area contributed by atoms with Crippen LogP contribution in [0.5, 0.6) is 5.75 Å². The van der Waals surface area contributed by atoms with Gasteiger partial charge < -0.3 is 25.8 Å². The first-order valence-corrected chi connectivity index (χ1v) is 6.68. The van der Waals surface area contributed by atoms with Crippen LogP contribution < -0.4 is 21.1 Å². The maximum atomic E-state index is 12.1. The Morgan fingerprint density at radius 3 is 2.85 bits per heavy atom. The molecule has 1 fully saturated rings. The van der Waals surface area contributed by atoms with Gasteiger partial charge in [0.15, 0.2) is 0 Å². The van der Waals surface area contributed by atoms with Crippen LogP contribution in [-0.4, -0.2) is 38.4 Å². The maximum Gasteiger partial charge on any atom is 0.319 e. The number of methoxy groups -OCH3 is 1. The number of hydrogen-bond donors (Lipinski definition) is 3. The number of amides is 2. The summed E-state index contributed by atoms with van der Waals surface area (Å²) in [5.74, 6) is 0.697. The molecule has 1 aliphatic heterocycles. The third-order valence-electron chi connectivity index (χ3n) is 3.55. The molecule has 0 unspecified atom stereocenters. The van der Waals surface area contributed by atoms with E-state index in [1.54, 1.807) is 19.2 Å². The fourth-order valence-electron chi connectivity index (χ4n) is 2.25. The number of hydrogen-bond acceptors (Lipinski definition) is 4. The molecule has 0 aliphatic carbocycles. The molecule has 0 spiro atoms. The molecule has 0 aromatic heterocycles. The van der Waals surface area contributed by atoms with Gasteiger partial charge >= 0.3 is 6.03 Å². The Labute approximate surface area is 118 Å². The number of benzene rings is 1. The summed E-state index contributed by atoms with van der Waals surface area (Å²) in [6, 6.07) is 6.95. The van der Waals surface area contributed by atoms with Gasteiger partial charge in [-0.3, -0.25) is 0 Å². The van der Waals surface area contributed by atoms with Crippen molar-refractivity contribution in [3.05, 3.63) is 24.3 Å². The molecule has 2 rings (SSSR count). The first-order valence-electron chi connectivity index (χ1n) is 6.68. The largest absolute Gasteiger partial charge is 0.497 e. The van der Waals surface area contributed by atoms with Crippen molar-refractivity contribution in [1.82, 2.24) is 5.32 Å². The van der Waals surface area contributed by atoms with E-state index in [2.05, 4.69) is 10.6 Å². The molecule has 1 aliphatic rings. The van der Waals surface area contributed by atoms with Crippen LogP contribution >= 0.6 is 0 Å². The van der Waals surface area contributed by atoms with Crippen molar-refractivity contribution in [3.63, 3.8) is 0 Å². The summed E-state index contributed by atoms with van der Waals surface area (Å²) in [5.41, 5.74) is 6.12. The van der Waals surface area contributed by atoms with Gasteiger partial charge in [0.2, 0.25) is 0 Å². The molecule has 0 radical (unpaired) electrons. The van der Waals surface area contributed by atoms with Crippen LogP contribution in [0.2, 0.25) is 0 Å². The molecule has 20 heavy (non-hydrogen) atoms. The van der Waals surface area contributed by atoms with Gasteiger partial charge in [0.1, 0.15) is 5.75 Å². The highest BCUT2D eigenvalue weighted by Gasteiger charge is 2.32. The van der Waals surface area contributed by atoms with Gasteiger partial charge in [-0.1, -0.05) is 6.07 Å². The zero-order valence-electron chi connectivity index (χ0n) is 11.6. The van der Waals surface area contributed by atoms with E-state index in [9.17, 15) is 4.79 Å². The Balaban J connectivity index is 1.97. The van der Waals surface area contributed by atoms with Crippen molar-refractivity contribution in [3.8, 4) is 5.75 Å². The Morgan fingerprint density at radius 1 is 1.45 bits per heavy atom. The van der Waals surface area contributed by atoms with Crippen LogP contribution in [0.1, 0.15) is 12.8 Å². The molecule has 0 atom stereocenters. The van der Waals surface area contributed by atoms with Gasteiger partial charge in [0, 0.05) is 31.5 Å². The van der Waals surface area contributed by atoms with Gasteiger partial charge in [-0.25, -0.2) is 4.79 Å². The molecular formula is C14H21N3O3. The number of rotatable bonds is 4. The number of nitrogens with two attached hydrogens (primary N) is 1. The number of ether oxygens (including phenoxy) is 2. The Hall–Kier alpha value is -1.79. The van der Waals surface area contributed by atoms with Crippen LogP contribution in [0.3, 0.4) is 0 Å². The quantitative estimate of drug-likeness (QED) is 0.776. The van der Waals surface area contributed by atoms with E-state index >= 15 is 0 Å². The van der Waals surface area contributed by atoms with Crippen LogP contribution in [0, 0.1) is 0 Å². The fraction of sp³-hybridized carbons (Fsp3) is 0.500. The Morgan fingerprint density at radius 2 is 2.20 bits per heavy atom. The van der Waals surface area contributed by atoms with E-state index in [1.807, 2.05) is 12.1 Å². The monoisotopic (exact) mass is 279 g/mol. The summed E-state index contributed by atoms with van der Waals surface area (Å²) in [6.45, 7) is 1.65. The van der Waals surface area contributed by atoms with Crippen molar-refractivity contribution >= 4 is 11.7 Å². The van der Waals surface area contributed by atoms with Gasteiger partial charge in [-0.15, -0.1) is 0 Å². The SMILES string of the molecule is COc1cccc(NC(=O)NC2(CN)CCOCC2)c1. The zero-order chi connectivity index (χ0) is 14.4. The first-order chi connectivity index (χ1) is 9.67. The van der Waals surface area contributed by atoms with Crippen molar-refractivity contribution < 1.29 is 14.3 Å². The number of carbonyl (C=O) groups is 1. The predicted molar refractivity (Wildman–Crippen MR) is 77.0 cm³/mol. The van der Waals surface area contributed by atoms with Crippen molar-refractivity contribution in [2.75, 3.05) is 32.2 Å². The molecule has 4 N–H and O–H groups in total. The topological polar surface area (TPSA) is 85.6 Å². The van der Waals surface area contributed by atoms with E-state index in [1.165, 1.54) is 0 Å². The molecule has 1 heterocycles. The van der Waals surface area contributed by atoms with Gasteiger partial charge in [0.05, 0.1) is 12.6 Å². The lowest BCUT2D eigenvalue weighted by atomic mass is 9.90. The smallest absolute Gasteiger partial charge is 0.319 e. The number of nitrogens with one attached hydrogen (secondary N) is 2. The molecular weight excluding hydrogens is 258 g/mol. The molecule has 0 saturated carbocycles. The summed E-state index contributed by atoms with van der Waals surface area (Å²) in [5, 5.41) is 5.77. The Kier molecular flexibility index (Phi) is 4.81. The minimum absolute atomic E-state index is 0.259. The van der Waals surface area contributed by atoms with Gasteiger partial charge in [-0.2, -0.15) is 0 Å². The van der Waals surface area contributed by atoms with Crippen molar-refractivity contribution in [2.45, 2.75) is 18.4 Å². The lowest BCUT2D eigenvalue weighted by Crippen LogP contribution is -2.57. The molecule has 1 saturated heterocycles.